The fourth-order valence-electron chi connectivity index (χ4n) is 1.82. The molecular weight excluding hydrogens is 263 g/mol. The van der Waals surface area contributed by atoms with Crippen LogP contribution < -0.4 is 5.46 Å². The molecule has 1 saturated heterocycles. The van der Waals surface area contributed by atoms with E-state index >= 15 is 0 Å². The normalized spacial score (nSPS) is 19.6. The summed E-state index contributed by atoms with van der Waals surface area (Å²) in [7, 11) is -1.09. The highest BCUT2D eigenvalue weighted by molar-refractivity contribution is 6.61. The van der Waals surface area contributed by atoms with Gasteiger partial charge in [-0.3, -0.25) is 0 Å². The molecule has 1 aromatic carbocycles. The van der Waals surface area contributed by atoms with Gasteiger partial charge in [0.25, 0.3) is 0 Å². The van der Waals surface area contributed by atoms with Crippen molar-refractivity contribution in [2.24, 2.45) is 5.41 Å². The van der Waals surface area contributed by atoms with Crippen molar-refractivity contribution in [3.63, 3.8) is 0 Å². The smallest absolute Gasteiger partial charge is 0.407 e. The summed E-state index contributed by atoms with van der Waals surface area (Å²) in [5.74, 6) is -1.33. The van der Waals surface area contributed by atoms with Gasteiger partial charge in [0.2, 0.25) is 0 Å². The molecule has 2 nitrogen and oxygen atoms in total. The van der Waals surface area contributed by atoms with Gasteiger partial charge in [0.15, 0.2) is 0 Å². The minimum Gasteiger partial charge on any atom is -0.407 e. The molecule has 19 heavy (non-hydrogen) atoms. The first-order valence-corrected chi connectivity index (χ1v) is 5.79. The van der Waals surface area contributed by atoms with Gasteiger partial charge in [0, 0.05) is 24.1 Å². The van der Waals surface area contributed by atoms with Crippen molar-refractivity contribution < 1.29 is 26.9 Å². The standard InChI is InChI=1S/C12H13BF4O2/c1-11(2)6-18-13(19-7-11)9-5-3-4-8(10(9)14)12(15,16)17/h3-5H,6-7H2,1-2H3. The molecule has 1 heterocycles. The van der Waals surface area contributed by atoms with Gasteiger partial charge >= 0.3 is 13.3 Å². The lowest BCUT2D eigenvalue weighted by Gasteiger charge is -2.33. The summed E-state index contributed by atoms with van der Waals surface area (Å²) in [4.78, 5) is 0. The van der Waals surface area contributed by atoms with Crippen molar-refractivity contribution in [3.8, 4) is 0 Å². The molecule has 0 radical (unpaired) electrons. The third kappa shape index (κ3) is 3.09. The van der Waals surface area contributed by atoms with E-state index in [1.54, 1.807) is 0 Å². The molecule has 7 heteroatoms. The predicted molar refractivity (Wildman–Crippen MR) is 62.5 cm³/mol. The van der Waals surface area contributed by atoms with Crippen LogP contribution in [0.1, 0.15) is 19.4 Å². The summed E-state index contributed by atoms with van der Waals surface area (Å²) in [5.41, 5.74) is -1.75. The minimum atomic E-state index is -4.73. The van der Waals surface area contributed by atoms with E-state index in [1.807, 2.05) is 13.8 Å². The van der Waals surface area contributed by atoms with Crippen LogP contribution in [0.5, 0.6) is 0 Å². The Bertz CT molecular complexity index is 463. The zero-order valence-corrected chi connectivity index (χ0v) is 10.6. The van der Waals surface area contributed by atoms with Gasteiger partial charge in [0.1, 0.15) is 5.82 Å². The average molecular weight is 276 g/mol. The van der Waals surface area contributed by atoms with Crippen molar-refractivity contribution in [1.29, 1.82) is 0 Å². The maximum Gasteiger partial charge on any atom is 0.496 e. The van der Waals surface area contributed by atoms with Crippen molar-refractivity contribution >= 4 is 12.6 Å². The highest BCUT2D eigenvalue weighted by Crippen LogP contribution is 2.31. The molecule has 104 valence electrons. The largest absolute Gasteiger partial charge is 0.496 e. The lowest BCUT2D eigenvalue weighted by atomic mass is 9.75. The molecule has 0 bridgehead atoms. The summed E-state index contributed by atoms with van der Waals surface area (Å²) in [6, 6.07) is 3.09. The third-order valence-corrected chi connectivity index (χ3v) is 2.84. The maximum atomic E-state index is 13.9. The first kappa shape index (κ1) is 14.3. The van der Waals surface area contributed by atoms with E-state index in [-0.39, 0.29) is 10.9 Å². The quantitative estimate of drug-likeness (QED) is 0.580. The third-order valence-electron chi connectivity index (χ3n) is 2.84. The second-order valence-electron chi connectivity index (χ2n) is 5.32. The van der Waals surface area contributed by atoms with Crippen LogP contribution in [0.25, 0.3) is 0 Å². The van der Waals surface area contributed by atoms with Gasteiger partial charge < -0.3 is 9.31 Å². The van der Waals surface area contributed by atoms with Gasteiger partial charge in [-0.05, 0) is 6.07 Å². The predicted octanol–water partition coefficient (Wildman–Crippen LogP) is 2.61. The van der Waals surface area contributed by atoms with Crippen LogP contribution in [0.15, 0.2) is 18.2 Å². The molecular formula is C12H13BF4O2. The molecule has 0 unspecified atom stereocenters. The Balaban J connectivity index is 2.27. The van der Waals surface area contributed by atoms with Crippen LogP contribution in [0, 0.1) is 11.2 Å². The highest BCUT2D eigenvalue weighted by Gasteiger charge is 2.40. The molecule has 1 aliphatic rings. The number of alkyl halides is 3. The number of benzene rings is 1. The van der Waals surface area contributed by atoms with Crippen LogP contribution in [0.2, 0.25) is 0 Å². The van der Waals surface area contributed by atoms with Gasteiger partial charge in [0.05, 0.1) is 5.56 Å². The molecule has 1 aromatic rings. The molecule has 0 atom stereocenters. The summed E-state index contributed by atoms with van der Waals surface area (Å²) in [5, 5.41) is 0. The maximum absolute atomic E-state index is 13.9. The molecule has 2 rings (SSSR count). The van der Waals surface area contributed by atoms with Gasteiger partial charge in [-0.15, -0.1) is 0 Å². The minimum absolute atomic E-state index is 0.217. The molecule has 0 amide bonds. The SMILES string of the molecule is CC1(C)COB(c2cccc(C(F)(F)F)c2F)OC1. The van der Waals surface area contributed by atoms with Crippen LogP contribution in [-0.2, 0) is 15.5 Å². The van der Waals surface area contributed by atoms with Crippen molar-refractivity contribution in [1.82, 2.24) is 0 Å². The summed E-state index contributed by atoms with van der Waals surface area (Å²) < 4.78 is 62.3. The monoisotopic (exact) mass is 276 g/mol. The van der Waals surface area contributed by atoms with E-state index in [0.29, 0.717) is 19.3 Å². The zero-order chi connectivity index (χ0) is 14.3. The van der Waals surface area contributed by atoms with Crippen LogP contribution in [0.3, 0.4) is 0 Å². The lowest BCUT2D eigenvalue weighted by Crippen LogP contribution is -2.48. The second-order valence-corrected chi connectivity index (χ2v) is 5.32. The number of hydrogen-bond acceptors (Lipinski definition) is 2. The van der Waals surface area contributed by atoms with Gasteiger partial charge in [-0.25, -0.2) is 4.39 Å². The molecule has 0 spiro atoms. The number of hydrogen-bond donors (Lipinski definition) is 0. The molecule has 1 fully saturated rings. The summed E-state index contributed by atoms with van der Waals surface area (Å²) in [6.07, 6.45) is -4.73. The Labute approximate surface area is 108 Å². The first-order valence-electron chi connectivity index (χ1n) is 5.79. The van der Waals surface area contributed by atoms with Crippen LogP contribution in [-0.4, -0.2) is 20.3 Å². The fourth-order valence-corrected chi connectivity index (χ4v) is 1.82. The number of rotatable bonds is 1. The summed E-state index contributed by atoms with van der Waals surface area (Å²) in [6.45, 7) is 4.39. The van der Waals surface area contributed by atoms with E-state index < -0.39 is 24.7 Å². The first-order chi connectivity index (χ1) is 8.71. The Morgan fingerprint density at radius 2 is 1.74 bits per heavy atom. The average Bonchev–Trinajstić information content (AvgIpc) is 2.28. The lowest BCUT2D eigenvalue weighted by molar-refractivity contribution is -0.139. The Morgan fingerprint density at radius 3 is 2.26 bits per heavy atom. The van der Waals surface area contributed by atoms with Crippen molar-refractivity contribution in [2.75, 3.05) is 13.2 Å². The van der Waals surface area contributed by atoms with Crippen molar-refractivity contribution in [2.45, 2.75) is 20.0 Å². The summed E-state index contributed by atoms with van der Waals surface area (Å²) >= 11 is 0. The Hall–Kier alpha value is -1.08. The topological polar surface area (TPSA) is 18.5 Å². The molecule has 0 aliphatic carbocycles. The van der Waals surface area contributed by atoms with E-state index in [2.05, 4.69) is 0 Å². The second kappa shape index (κ2) is 4.79. The van der Waals surface area contributed by atoms with Crippen LogP contribution >= 0.6 is 0 Å². The molecule has 1 aliphatic heterocycles. The molecule has 0 saturated carbocycles. The van der Waals surface area contributed by atoms with E-state index in [9.17, 15) is 17.6 Å². The van der Waals surface area contributed by atoms with E-state index in [1.165, 1.54) is 6.07 Å². The zero-order valence-electron chi connectivity index (χ0n) is 10.6. The Morgan fingerprint density at radius 1 is 1.16 bits per heavy atom. The molecule has 0 aromatic heterocycles. The van der Waals surface area contributed by atoms with Crippen molar-refractivity contribution in [3.05, 3.63) is 29.6 Å². The van der Waals surface area contributed by atoms with Gasteiger partial charge in [-0.1, -0.05) is 26.0 Å². The molecule has 0 N–H and O–H groups in total. The van der Waals surface area contributed by atoms with E-state index in [4.69, 9.17) is 9.31 Å². The fraction of sp³-hybridized carbons (Fsp3) is 0.500. The highest BCUT2D eigenvalue weighted by atomic mass is 19.4. The van der Waals surface area contributed by atoms with E-state index in [0.717, 1.165) is 6.07 Å². The van der Waals surface area contributed by atoms with Gasteiger partial charge in [-0.2, -0.15) is 13.2 Å². The van der Waals surface area contributed by atoms with Crippen LogP contribution in [0.4, 0.5) is 17.6 Å². The number of halogens is 4. The Kier molecular flexibility index (Phi) is 3.62.